The van der Waals surface area contributed by atoms with Crippen molar-refractivity contribution >= 4 is 23.4 Å². The molecule has 7 nitrogen and oxygen atoms in total. The number of amides is 3. The molecular weight excluding hydrogens is 406 g/mol. The van der Waals surface area contributed by atoms with Crippen LogP contribution in [0.5, 0.6) is 5.75 Å². The zero-order valence-corrected chi connectivity index (χ0v) is 18.9. The van der Waals surface area contributed by atoms with E-state index in [4.69, 9.17) is 4.74 Å². The van der Waals surface area contributed by atoms with Crippen LogP contribution in [0, 0.1) is 5.92 Å². The van der Waals surface area contributed by atoms with Crippen molar-refractivity contribution in [3.63, 3.8) is 0 Å². The Balaban J connectivity index is 1.75. The number of hydrogen-bond acceptors (Lipinski definition) is 4. The highest BCUT2D eigenvalue weighted by Gasteiger charge is 2.29. The van der Waals surface area contributed by atoms with Crippen LogP contribution in [0.4, 0.5) is 5.69 Å². The van der Waals surface area contributed by atoms with Crippen molar-refractivity contribution in [1.29, 1.82) is 0 Å². The highest BCUT2D eigenvalue weighted by molar-refractivity contribution is 6.09. The van der Waals surface area contributed by atoms with E-state index in [0.29, 0.717) is 29.0 Å². The number of ether oxygens (including phenoxy) is 1. The molecule has 0 bridgehead atoms. The summed E-state index contributed by atoms with van der Waals surface area (Å²) in [5.74, 6) is 0.148. The van der Waals surface area contributed by atoms with E-state index < -0.39 is 6.04 Å². The van der Waals surface area contributed by atoms with Crippen molar-refractivity contribution in [2.45, 2.75) is 39.2 Å². The third-order valence-corrected chi connectivity index (χ3v) is 5.50. The predicted octanol–water partition coefficient (Wildman–Crippen LogP) is 3.71. The van der Waals surface area contributed by atoms with Crippen LogP contribution in [0.15, 0.2) is 48.5 Å². The van der Waals surface area contributed by atoms with Crippen LogP contribution in [0.2, 0.25) is 0 Å². The average molecular weight is 438 g/mol. The Morgan fingerprint density at radius 3 is 2.25 bits per heavy atom. The Labute approximate surface area is 189 Å². The van der Waals surface area contributed by atoms with Crippen LogP contribution in [0.1, 0.15) is 53.8 Å². The largest absolute Gasteiger partial charge is 0.497 e. The first-order valence-electron chi connectivity index (χ1n) is 11.0. The van der Waals surface area contributed by atoms with E-state index in [-0.39, 0.29) is 23.6 Å². The maximum Gasteiger partial charge on any atom is 0.255 e. The molecular formula is C25H31N3O4. The van der Waals surface area contributed by atoms with Crippen LogP contribution < -0.4 is 15.4 Å². The molecule has 2 aromatic rings. The molecule has 3 amide bonds. The monoisotopic (exact) mass is 437 g/mol. The molecule has 1 aliphatic heterocycles. The summed E-state index contributed by atoms with van der Waals surface area (Å²) in [4.78, 5) is 40.6. The fourth-order valence-corrected chi connectivity index (χ4v) is 3.81. The lowest BCUT2D eigenvalue weighted by Gasteiger charge is -2.25. The minimum atomic E-state index is -0.592. The number of rotatable bonds is 8. The van der Waals surface area contributed by atoms with Gasteiger partial charge in [-0.2, -0.15) is 0 Å². The molecule has 2 aromatic carbocycles. The van der Waals surface area contributed by atoms with Gasteiger partial charge >= 0.3 is 0 Å². The third kappa shape index (κ3) is 5.87. The van der Waals surface area contributed by atoms with Crippen molar-refractivity contribution in [2.75, 3.05) is 25.5 Å². The molecule has 1 aliphatic rings. The van der Waals surface area contributed by atoms with Crippen molar-refractivity contribution < 1.29 is 19.1 Å². The van der Waals surface area contributed by atoms with E-state index in [1.54, 1.807) is 55.6 Å². The fourth-order valence-electron chi connectivity index (χ4n) is 3.81. The van der Waals surface area contributed by atoms with Gasteiger partial charge in [-0.1, -0.05) is 26.0 Å². The Bertz CT molecular complexity index is 950. The summed E-state index contributed by atoms with van der Waals surface area (Å²) in [6, 6.07) is 12.9. The summed E-state index contributed by atoms with van der Waals surface area (Å²) in [5, 5.41) is 5.72. The standard InChI is InChI=1S/C25H31N3O4/c1-17(2)16-22(25(31)28-14-6-7-15-28)27-24(30)20-8-4-5-9-21(20)26-23(29)18-10-12-19(32-3)13-11-18/h4-5,8-13,17,22H,6-7,14-16H2,1-3H3,(H,26,29)(H,27,30)/t22-/m1/s1. The van der Waals surface area contributed by atoms with Crippen molar-refractivity contribution in [2.24, 2.45) is 5.92 Å². The van der Waals surface area contributed by atoms with Crippen LogP contribution in [-0.2, 0) is 4.79 Å². The zero-order valence-electron chi connectivity index (χ0n) is 18.9. The van der Waals surface area contributed by atoms with Gasteiger partial charge in [-0.25, -0.2) is 0 Å². The van der Waals surface area contributed by atoms with Crippen LogP contribution in [0.3, 0.4) is 0 Å². The molecule has 1 heterocycles. The normalized spacial score (nSPS) is 14.2. The number of anilines is 1. The number of carbonyl (C=O) groups is 3. The second-order valence-corrected chi connectivity index (χ2v) is 8.42. The van der Waals surface area contributed by atoms with E-state index in [0.717, 1.165) is 25.9 Å². The Kier molecular flexibility index (Phi) is 7.87. The molecule has 0 aliphatic carbocycles. The molecule has 170 valence electrons. The fraction of sp³-hybridized carbons (Fsp3) is 0.400. The van der Waals surface area contributed by atoms with Gasteiger partial charge in [0.15, 0.2) is 0 Å². The van der Waals surface area contributed by atoms with Gasteiger partial charge in [-0.3, -0.25) is 14.4 Å². The topological polar surface area (TPSA) is 87.7 Å². The lowest BCUT2D eigenvalue weighted by Crippen LogP contribution is -2.48. The number of nitrogens with one attached hydrogen (secondary N) is 2. The molecule has 1 fully saturated rings. The summed E-state index contributed by atoms with van der Waals surface area (Å²) in [6.45, 7) is 5.52. The first kappa shape index (κ1) is 23.3. The summed E-state index contributed by atoms with van der Waals surface area (Å²) in [7, 11) is 1.56. The lowest BCUT2D eigenvalue weighted by molar-refractivity contribution is -0.132. The van der Waals surface area contributed by atoms with Gasteiger partial charge in [0.2, 0.25) is 5.91 Å². The van der Waals surface area contributed by atoms with Crippen molar-refractivity contribution in [1.82, 2.24) is 10.2 Å². The highest BCUT2D eigenvalue weighted by atomic mass is 16.5. The van der Waals surface area contributed by atoms with Gasteiger partial charge in [0, 0.05) is 18.7 Å². The zero-order chi connectivity index (χ0) is 23.1. The molecule has 1 saturated heterocycles. The van der Waals surface area contributed by atoms with E-state index in [1.165, 1.54) is 0 Å². The van der Waals surface area contributed by atoms with Crippen molar-refractivity contribution in [3.05, 3.63) is 59.7 Å². The van der Waals surface area contributed by atoms with Crippen LogP contribution in [0.25, 0.3) is 0 Å². The summed E-state index contributed by atoms with van der Waals surface area (Å²) in [5.41, 5.74) is 1.16. The van der Waals surface area contributed by atoms with Gasteiger partial charge < -0.3 is 20.3 Å². The smallest absolute Gasteiger partial charge is 0.255 e. The van der Waals surface area contributed by atoms with Crippen molar-refractivity contribution in [3.8, 4) is 5.75 Å². The van der Waals surface area contributed by atoms with Gasteiger partial charge in [-0.15, -0.1) is 0 Å². The van der Waals surface area contributed by atoms with E-state index in [9.17, 15) is 14.4 Å². The highest BCUT2D eigenvalue weighted by Crippen LogP contribution is 2.19. The van der Waals surface area contributed by atoms with Gasteiger partial charge in [0.05, 0.1) is 18.4 Å². The molecule has 0 radical (unpaired) electrons. The van der Waals surface area contributed by atoms with Gasteiger partial charge in [0.25, 0.3) is 11.8 Å². The number of para-hydroxylation sites is 1. The average Bonchev–Trinajstić information content (AvgIpc) is 3.33. The first-order chi connectivity index (χ1) is 15.4. The predicted molar refractivity (Wildman–Crippen MR) is 124 cm³/mol. The number of carbonyl (C=O) groups excluding carboxylic acids is 3. The second kappa shape index (κ2) is 10.8. The Morgan fingerprint density at radius 1 is 0.969 bits per heavy atom. The maximum absolute atomic E-state index is 13.1. The second-order valence-electron chi connectivity index (χ2n) is 8.42. The van der Waals surface area contributed by atoms with E-state index >= 15 is 0 Å². The van der Waals surface area contributed by atoms with E-state index in [2.05, 4.69) is 10.6 Å². The van der Waals surface area contributed by atoms with Gasteiger partial charge in [-0.05, 0) is 61.6 Å². The quantitative estimate of drug-likeness (QED) is 0.659. The summed E-state index contributed by atoms with van der Waals surface area (Å²) in [6.07, 6.45) is 2.55. The van der Waals surface area contributed by atoms with Crippen LogP contribution >= 0.6 is 0 Å². The summed E-state index contributed by atoms with van der Waals surface area (Å²) < 4.78 is 5.12. The van der Waals surface area contributed by atoms with Gasteiger partial charge in [0.1, 0.15) is 11.8 Å². The molecule has 0 spiro atoms. The molecule has 7 heteroatoms. The molecule has 32 heavy (non-hydrogen) atoms. The molecule has 0 saturated carbocycles. The SMILES string of the molecule is COc1ccc(C(=O)Nc2ccccc2C(=O)N[C@H](CC(C)C)C(=O)N2CCCC2)cc1. The van der Waals surface area contributed by atoms with E-state index in [1.807, 2.05) is 18.7 Å². The number of benzene rings is 2. The number of nitrogens with zero attached hydrogens (tertiary/aromatic N) is 1. The first-order valence-corrected chi connectivity index (χ1v) is 11.0. The lowest BCUT2D eigenvalue weighted by atomic mass is 10.0. The molecule has 0 aromatic heterocycles. The minimum absolute atomic E-state index is 0.0377. The van der Waals surface area contributed by atoms with Crippen LogP contribution in [-0.4, -0.2) is 48.9 Å². The summed E-state index contributed by atoms with van der Waals surface area (Å²) >= 11 is 0. The molecule has 1 atom stereocenters. The number of methoxy groups -OCH3 is 1. The molecule has 0 unspecified atom stereocenters. The molecule has 3 rings (SSSR count). The molecule has 2 N–H and O–H groups in total. The Hall–Kier alpha value is -3.35. The number of hydrogen-bond donors (Lipinski definition) is 2. The number of likely N-dealkylation sites (tertiary alicyclic amines) is 1. The minimum Gasteiger partial charge on any atom is -0.497 e. The Morgan fingerprint density at radius 2 is 1.62 bits per heavy atom. The third-order valence-electron chi connectivity index (χ3n) is 5.50. The maximum atomic E-state index is 13.1.